The van der Waals surface area contributed by atoms with Gasteiger partial charge in [-0.05, 0) is 42.3 Å². The summed E-state index contributed by atoms with van der Waals surface area (Å²) in [7, 11) is 1.92. The monoisotopic (exact) mass is 589 g/mol. The van der Waals surface area contributed by atoms with E-state index in [4.69, 9.17) is 19.3 Å². The number of para-hydroxylation sites is 2. The Labute approximate surface area is 255 Å². The number of aryl methyl sites for hydroxylation is 2. The van der Waals surface area contributed by atoms with E-state index >= 15 is 0 Å². The van der Waals surface area contributed by atoms with E-state index in [9.17, 15) is 9.90 Å². The number of aromatic nitrogens is 3. The lowest BCUT2D eigenvalue weighted by Gasteiger charge is -2.12. The maximum Gasteiger partial charge on any atom is 0.512 e. The van der Waals surface area contributed by atoms with Gasteiger partial charge >= 0.3 is 6.16 Å². The fourth-order valence-corrected chi connectivity index (χ4v) is 5.75. The quantitative estimate of drug-likeness (QED) is 0.116. The highest BCUT2D eigenvalue weighted by Gasteiger charge is 2.25. The molecule has 0 aliphatic carbocycles. The van der Waals surface area contributed by atoms with Gasteiger partial charge in [-0.25, -0.2) is 4.79 Å². The molecule has 4 aromatic carbocycles. The average molecular weight is 590 g/mol. The van der Waals surface area contributed by atoms with Crippen LogP contribution < -0.4 is 14.2 Å². The van der Waals surface area contributed by atoms with Crippen molar-refractivity contribution in [2.24, 2.45) is 7.05 Å². The minimum atomic E-state index is -1.37. The van der Waals surface area contributed by atoms with Crippen molar-refractivity contribution in [3.8, 4) is 28.5 Å². The molecule has 0 amide bonds. The number of benzene rings is 4. The summed E-state index contributed by atoms with van der Waals surface area (Å²) in [6.45, 7) is 5.02. The number of fused-ring (bicyclic) bond motifs is 2. The highest BCUT2D eigenvalue weighted by Crippen LogP contribution is 2.40. The van der Waals surface area contributed by atoms with Gasteiger partial charge in [-0.2, -0.15) is 5.10 Å². The molecule has 0 radical (unpaired) electrons. The lowest BCUT2D eigenvalue weighted by atomic mass is 9.95. The maximum absolute atomic E-state index is 11.7. The summed E-state index contributed by atoms with van der Waals surface area (Å²) in [6.07, 6.45) is -0.144. The zero-order valence-electron chi connectivity index (χ0n) is 25.0. The third-order valence-electron chi connectivity index (χ3n) is 7.80. The SMILES string of the molecule is CC(C)c1nn(C)c(COc2ccccc2)c1-c1cccc2c(CCCOc3cccc4ccccc34)c(OC(=O)O)[nH]c12. The molecule has 2 heterocycles. The van der Waals surface area contributed by atoms with Crippen LogP contribution in [0.1, 0.15) is 43.1 Å². The van der Waals surface area contributed by atoms with Gasteiger partial charge in [0.1, 0.15) is 18.1 Å². The third-order valence-corrected chi connectivity index (χ3v) is 7.80. The van der Waals surface area contributed by atoms with Crippen molar-refractivity contribution >= 4 is 27.8 Å². The number of hydrogen-bond donors (Lipinski definition) is 2. The number of nitrogens with zero attached hydrogens (tertiary/aromatic N) is 2. The first-order valence-corrected chi connectivity index (χ1v) is 14.8. The summed E-state index contributed by atoms with van der Waals surface area (Å²) in [5.41, 5.74) is 5.34. The van der Waals surface area contributed by atoms with E-state index in [0.29, 0.717) is 26.1 Å². The standard InChI is InChI=1S/C36H35N3O5/c1-23(2)33-32(30(39(3)38-33)22-43-25-14-5-4-6-15-25)29-18-10-17-27-28(35(37-34(27)29)44-36(40)41)19-11-21-42-31-20-9-13-24-12-7-8-16-26(24)31/h4-10,12-18,20,23,37H,11,19,21-22H2,1-3H3,(H,40,41). The van der Waals surface area contributed by atoms with Crippen molar-refractivity contribution < 1.29 is 24.1 Å². The van der Waals surface area contributed by atoms with E-state index in [1.807, 2.05) is 90.6 Å². The Hall–Kier alpha value is -5.24. The number of hydrogen-bond acceptors (Lipinski definition) is 5. The van der Waals surface area contributed by atoms with E-state index in [2.05, 4.69) is 31.0 Å². The van der Waals surface area contributed by atoms with Gasteiger partial charge in [0.25, 0.3) is 0 Å². The molecule has 0 spiro atoms. The van der Waals surface area contributed by atoms with Crippen LogP contribution in [-0.4, -0.2) is 32.6 Å². The molecule has 0 unspecified atom stereocenters. The van der Waals surface area contributed by atoms with Gasteiger partial charge in [-0.15, -0.1) is 0 Å². The van der Waals surface area contributed by atoms with Crippen LogP contribution in [0, 0.1) is 0 Å². The number of carbonyl (C=O) groups is 1. The van der Waals surface area contributed by atoms with E-state index < -0.39 is 6.16 Å². The molecule has 44 heavy (non-hydrogen) atoms. The largest absolute Gasteiger partial charge is 0.512 e. The minimum absolute atomic E-state index is 0.146. The van der Waals surface area contributed by atoms with E-state index in [1.54, 1.807) is 0 Å². The first-order valence-electron chi connectivity index (χ1n) is 14.8. The van der Waals surface area contributed by atoms with Crippen LogP contribution in [0.15, 0.2) is 91.0 Å². The van der Waals surface area contributed by atoms with Crippen LogP contribution >= 0.6 is 0 Å². The number of H-pyrrole nitrogens is 1. The van der Waals surface area contributed by atoms with Gasteiger partial charge in [0, 0.05) is 34.5 Å². The van der Waals surface area contributed by atoms with Crippen LogP contribution in [0.4, 0.5) is 4.79 Å². The molecular weight excluding hydrogens is 554 g/mol. The first kappa shape index (κ1) is 28.9. The van der Waals surface area contributed by atoms with Crippen molar-refractivity contribution in [3.05, 3.63) is 108 Å². The molecule has 0 aliphatic rings. The highest BCUT2D eigenvalue weighted by atomic mass is 16.7. The molecule has 8 heteroatoms. The second-order valence-corrected chi connectivity index (χ2v) is 11.0. The smallest absolute Gasteiger partial charge is 0.493 e. The summed E-state index contributed by atoms with van der Waals surface area (Å²) in [6, 6.07) is 29.9. The second kappa shape index (κ2) is 12.6. The molecule has 0 saturated carbocycles. The molecule has 0 aliphatic heterocycles. The fraction of sp³-hybridized carbons (Fsp3) is 0.222. The predicted molar refractivity (Wildman–Crippen MR) is 172 cm³/mol. The molecular formula is C36H35N3O5. The maximum atomic E-state index is 11.7. The lowest BCUT2D eigenvalue weighted by molar-refractivity contribution is 0.142. The molecule has 0 bridgehead atoms. The van der Waals surface area contributed by atoms with Crippen molar-refractivity contribution in [1.29, 1.82) is 0 Å². The van der Waals surface area contributed by atoms with E-state index in [0.717, 1.165) is 61.3 Å². The Bertz CT molecular complexity index is 1920. The molecule has 6 rings (SSSR count). The summed E-state index contributed by atoms with van der Waals surface area (Å²) >= 11 is 0. The van der Waals surface area contributed by atoms with Gasteiger partial charge in [0.2, 0.25) is 5.88 Å². The minimum Gasteiger partial charge on any atom is -0.493 e. The number of carboxylic acid groups (broad SMARTS) is 1. The number of aromatic amines is 1. The van der Waals surface area contributed by atoms with Gasteiger partial charge in [-0.1, -0.05) is 86.6 Å². The third kappa shape index (κ3) is 5.83. The molecule has 0 fully saturated rings. The average Bonchev–Trinajstić information content (AvgIpc) is 3.54. The highest BCUT2D eigenvalue weighted by molar-refractivity contribution is 5.99. The lowest BCUT2D eigenvalue weighted by Crippen LogP contribution is -2.06. The number of nitrogens with one attached hydrogen (secondary N) is 1. The van der Waals surface area contributed by atoms with Crippen LogP contribution in [-0.2, 0) is 20.1 Å². The Morgan fingerprint density at radius 2 is 1.64 bits per heavy atom. The van der Waals surface area contributed by atoms with Crippen LogP contribution in [0.25, 0.3) is 32.8 Å². The molecule has 8 nitrogen and oxygen atoms in total. The van der Waals surface area contributed by atoms with Gasteiger partial charge in [0.15, 0.2) is 0 Å². The Morgan fingerprint density at radius 1 is 0.909 bits per heavy atom. The summed E-state index contributed by atoms with van der Waals surface area (Å²) < 4.78 is 19.5. The van der Waals surface area contributed by atoms with Gasteiger partial charge < -0.3 is 24.3 Å². The van der Waals surface area contributed by atoms with Crippen molar-refractivity contribution in [2.75, 3.05) is 6.61 Å². The summed E-state index contributed by atoms with van der Waals surface area (Å²) in [4.78, 5) is 15.0. The van der Waals surface area contributed by atoms with Gasteiger partial charge in [-0.3, -0.25) is 4.68 Å². The fourth-order valence-electron chi connectivity index (χ4n) is 5.75. The van der Waals surface area contributed by atoms with Crippen molar-refractivity contribution in [1.82, 2.24) is 14.8 Å². The van der Waals surface area contributed by atoms with E-state index in [1.165, 1.54) is 0 Å². The van der Waals surface area contributed by atoms with Crippen LogP contribution in [0.2, 0.25) is 0 Å². The summed E-state index contributed by atoms with van der Waals surface area (Å²) in [5.74, 6) is 1.97. The van der Waals surface area contributed by atoms with Crippen LogP contribution in [0.3, 0.4) is 0 Å². The molecule has 0 saturated heterocycles. The molecule has 6 aromatic rings. The normalized spacial score (nSPS) is 11.4. The van der Waals surface area contributed by atoms with Crippen LogP contribution in [0.5, 0.6) is 17.4 Å². The summed E-state index contributed by atoms with van der Waals surface area (Å²) in [5, 5.41) is 17.5. The number of rotatable bonds is 11. The zero-order valence-corrected chi connectivity index (χ0v) is 25.0. The Balaban J connectivity index is 1.33. The second-order valence-electron chi connectivity index (χ2n) is 11.0. The first-order chi connectivity index (χ1) is 21.4. The van der Waals surface area contributed by atoms with Crippen molar-refractivity contribution in [2.45, 2.75) is 39.2 Å². The molecule has 2 N–H and O–H groups in total. The Morgan fingerprint density at radius 3 is 2.43 bits per heavy atom. The number of ether oxygens (including phenoxy) is 3. The Kier molecular flexibility index (Phi) is 8.23. The molecule has 2 aromatic heterocycles. The van der Waals surface area contributed by atoms with E-state index in [-0.39, 0.29) is 11.8 Å². The molecule has 224 valence electrons. The van der Waals surface area contributed by atoms with Crippen molar-refractivity contribution in [3.63, 3.8) is 0 Å². The predicted octanol–water partition coefficient (Wildman–Crippen LogP) is 8.49. The molecule has 0 atom stereocenters. The topological polar surface area (TPSA) is 98.6 Å². The van der Waals surface area contributed by atoms with Gasteiger partial charge in [0.05, 0.1) is 23.5 Å². The zero-order chi connectivity index (χ0) is 30.6.